The van der Waals surface area contributed by atoms with Gasteiger partial charge in [-0.05, 0) is 24.6 Å². The Bertz CT molecular complexity index is 1050. The Morgan fingerprint density at radius 2 is 1.97 bits per heavy atom. The van der Waals surface area contributed by atoms with Gasteiger partial charge < -0.3 is 10.1 Å². The number of aldehydes is 1. The Balaban J connectivity index is 1.88. The molecule has 1 aromatic carbocycles. The quantitative estimate of drug-likeness (QED) is 0.642. The van der Waals surface area contributed by atoms with Crippen LogP contribution in [0, 0.1) is 6.92 Å². The van der Waals surface area contributed by atoms with E-state index in [1.54, 1.807) is 12.1 Å². The largest absolute Gasteiger partial charge is 0.436 e. The maximum Gasteiger partial charge on any atom is 0.436 e. The van der Waals surface area contributed by atoms with Gasteiger partial charge in [-0.15, -0.1) is 0 Å². The zero-order valence-electron chi connectivity index (χ0n) is 16.9. The summed E-state index contributed by atoms with van der Waals surface area (Å²) in [4.78, 5) is 14.0. The molecule has 1 aliphatic rings. The van der Waals surface area contributed by atoms with Crippen LogP contribution in [0.25, 0.3) is 0 Å². The molecule has 2 aromatic rings. The molecular formula is C19H22ClF3N4O3S. The third-order valence-corrected chi connectivity index (χ3v) is 6.90. The van der Waals surface area contributed by atoms with Crippen molar-refractivity contribution in [1.29, 1.82) is 0 Å². The first-order valence-electron chi connectivity index (χ1n) is 9.45. The van der Waals surface area contributed by atoms with E-state index in [1.807, 2.05) is 4.90 Å². The number of carbonyl (C=O) groups is 1. The van der Waals surface area contributed by atoms with Gasteiger partial charge in [-0.3, -0.25) is 9.58 Å². The minimum Gasteiger partial charge on any atom is -0.314 e. The molecule has 1 fully saturated rings. The van der Waals surface area contributed by atoms with E-state index in [9.17, 15) is 26.4 Å². The molecule has 2 unspecified atom stereocenters. The molecular weight excluding hydrogens is 457 g/mol. The van der Waals surface area contributed by atoms with Gasteiger partial charge in [0, 0.05) is 31.9 Å². The van der Waals surface area contributed by atoms with Crippen LogP contribution >= 0.6 is 11.6 Å². The maximum absolute atomic E-state index is 13.1. The fraction of sp³-hybridized carbons (Fsp3) is 0.474. The Kier molecular flexibility index (Phi) is 6.80. The second-order valence-corrected chi connectivity index (χ2v) is 9.82. The Labute approximate surface area is 183 Å². The molecule has 2 heterocycles. The molecule has 0 amide bonds. The molecule has 2 atom stereocenters. The molecule has 0 aliphatic carbocycles. The second kappa shape index (κ2) is 8.89. The van der Waals surface area contributed by atoms with Crippen molar-refractivity contribution in [1.82, 2.24) is 20.0 Å². The molecule has 0 bridgehead atoms. The standard InChI is InChI=1S/C19H22ClF3N4O3S/c1-12-17(20)18(19(21,22)23)25-27(12)10-14(11-28)26-8-7-24-9-16(26)13-3-5-15(6-4-13)31(2,29)30/h3-6,11,14,16,24H,7-10H2,1-2H3. The van der Waals surface area contributed by atoms with E-state index in [0.717, 1.165) is 16.5 Å². The number of alkyl halides is 3. The summed E-state index contributed by atoms with van der Waals surface area (Å²) in [6.45, 7) is 2.89. The van der Waals surface area contributed by atoms with E-state index < -0.39 is 32.8 Å². The number of carbonyl (C=O) groups excluding carboxylic acids is 1. The fourth-order valence-corrected chi connectivity index (χ4v) is 4.52. The predicted octanol–water partition coefficient (Wildman–Crippen LogP) is 2.48. The summed E-state index contributed by atoms with van der Waals surface area (Å²) >= 11 is 5.82. The molecule has 1 N–H and O–H groups in total. The van der Waals surface area contributed by atoms with E-state index in [4.69, 9.17) is 11.6 Å². The van der Waals surface area contributed by atoms with Gasteiger partial charge in [0.05, 0.1) is 28.2 Å². The van der Waals surface area contributed by atoms with E-state index in [1.165, 1.54) is 19.1 Å². The molecule has 0 spiro atoms. The normalized spacial score (nSPS) is 19.4. The first-order valence-corrected chi connectivity index (χ1v) is 11.7. The van der Waals surface area contributed by atoms with E-state index in [-0.39, 0.29) is 23.2 Å². The van der Waals surface area contributed by atoms with Crippen LogP contribution in [0.1, 0.15) is 23.0 Å². The van der Waals surface area contributed by atoms with Gasteiger partial charge in [0.25, 0.3) is 0 Å². The van der Waals surface area contributed by atoms with Gasteiger partial charge in [-0.2, -0.15) is 18.3 Å². The highest BCUT2D eigenvalue weighted by atomic mass is 35.5. The number of benzene rings is 1. The average Bonchev–Trinajstić information content (AvgIpc) is 3.00. The smallest absolute Gasteiger partial charge is 0.314 e. The number of rotatable bonds is 6. The number of piperazine rings is 1. The molecule has 0 saturated carbocycles. The van der Waals surface area contributed by atoms with Gasteiger partial charge in [-0.25, -0.2) is 8.42 Å². The molecule has 7 nitrogen and oxygen atoms in total. The molecule has 170 valence electrons. The highest BCUT2D eigenvalue weighted by molar-refractivity contribution is 7.90. The number of halogens is 4. The zero-order chi connectivity index (χ0) is 23.0. The lowest BCUT2D eigenvalue weighted by Crippen LogP contribution is -2.52. The molecule has 1 aliphatic heterocycles. The van der Waals surface area contributed by atoms with Crippen LogP contribution in [0.3, 0.4) is 0 Å². The number of hydrogen-bond donors (Lipinski definition) is 1. The number of aromatic nitrogens is 2. The van der Waals surface area contributed by atoms with E-state index in [0.29, 0.717) is 25.9 Å². The predicted molar refractivity (Wildman–Crippen MR) is 109 cm³/mol. The Hall–Kier alpha value is -1.95. The van der Waals surface area contributed by atoms with Gasteiger partial charge in [0.15, 0.2) is 15.5 Å². The van der Waals surface area contributed by atoms with Crippen molar-refractivity contribution in [2.45, 2.75) is 36.6 Å². The van der Waals surface area contributed by atoms with Crippen LogP contribution in [-0.2, 0) is 27.4 Å². The lowest BCUT2D eigenvalue weighted by molar-refractivity contribution is -0.141. The summed E-state index contributed by atoms with van der Waals surface area (Å²) in [5.74, 6) is 0. The molecule has 0 radical (unpaired) electrons. The van der Waals surface area contributed by atoms with Gasteiger partial charge in [0.2, 0.25) is 0 Å². The molecule has 1 saturated heterocycles. The lowest BCUT2D eigenvalue weighted by atomic mass is 10.0. The second-order valence-electron chi connectivity index (χ2n) is 7.43. The van der Waals surface area contributed by atoms with Gasteiger partial charge in [0.1, 0.15) is 6.29 Å². The fourth-order valence-electron chi connectivity index (χ4n) is 3.65. The summed E-state index contributed by atoms with van der Waals surface area (Å²) in [7, 11) is -3.35. The average molecular weight is 479 g/mol. The van der Waals surface area contributed by atoms with Crippen LogP contribution < -0.4 is 5.32 Å². The van der Waals surface area contributed by atoms with Crippen molar-refractivity contribution in [3.05, 3.63) is 46.2 Å². The Morgan fingerprint density at radius 3 is 2.48 bits per heavy atom. The number of nitrogens with one attached hydrogen (secondary N) is 1. The lowest BCUT2D eigenvalue weighted by Gasteiger charge is -2.39. The van der Waals surface area contributed by atoms with Gasteiger partial charge >= 0.3 is 6.18 Å². The first-order chi connectivity index (χ1) is 14.4. The van der Waals surface area contributed by atoms with Crippen molar-refractivity contribution in [2.24, 2.45) is 0 Å². The number of hydrogen-bond acceptors (Lipinski definition) is 6. The number of nitrogens with zero attached hydrogens (tertiary/aromatic N) is 3. The third kappa shape index (κ3) is 5.11. The number of sulfone groups is 1. The van der Waals surface area contributed by atoms with Crippen molar-refractivity contribution < 1.29 is 26.4 Å². The monoisotopic (exact) mass is 478 g/mol. The van der Waals surface area contributed by atoms with Crippen LogP contribution in [0.15, 0.2) is 29.2 Å². The van der Waals surface area contributed by atoms with Crippen LogP contribution in [0.5, 0.6) is 0 Å². The van der Waals surface area contributed by atoms with Crippen molar-refractivity contribution >= 4 is 27.7 Å². The Morgan fingerprint density at radius 1 is 1.32 bits per heavy atom. The summed E-state index contributed by atoms with van der Waals surface area (Å²) in [5.41, 5.74) is -0.257. The molecule has 31 heavy (non-hydrogen) atoms. The van der Waals surface area contributed by atoms with Crippen LogP contribution in [0.2, 0.25) is 5.02 Å². The highest BCUT2D eigenvalue weighted by Crippen LogP contribution is 2.35. The SMILES string of the molecule is Cc1c(Cl)c(C(F)(F)F)nn1CC(C=O)N1CCNCC1c1ccc(S(C)(=O)=O)cc1. The zero-order valence-corrected chi connectivity index (χ0v) is 18.4. The summed E-state index contributed by atoms with van der Waals surface area (Å²) < 4.78 is 63.9. The van der Waals surface area contributed by atoms with Crippen molar-refractivity contribution in [2.75, 3.05) is 25.9 Å². The van der Waals surface area contributed by atoms with E-state index in [2.05, 4.69) is 10.4 Å². The summed E-state index contributed by atoms with van der Waals surface area (Å²) in [5, 5.41) is 6.34. The van der Waals surface area contributed by atoms with Crippen molar-refractivity contribution in [3.8, 4) is 0 Å². The van der Waals surface area contributed by atoms with E-state index >= 15 is 0 Å². The minimum absolute atomic E-state index is 0.0942. The third-order valence-electron chi connectivity index (χ3n) is 5.32. The highest BCUT2D eigenvalue weighted by Gasteiger charge is 2.39. The maximum atomic E-state index is 13.1. The van der Waals surface area contributed by atoms with Gasteiger partial charge in [-0.1, -0.05) is 23.7 Å². The summed E-state index contributed by atoms with van der Waals surface area (Å²) in [6, 6.07) is 5.34. The van der Waals surface area contributed by atoms with Crippen LogP contribution in [-0.4, -0.2) is 61.3 Å². The summed E-state index contributed by atoms with van der Waals surface area (Å²) in [6.07, 6.45) is -2.89. The first kappa shape index (κ1) is 23.7. The molecule has 1 aromatic heterocycles. The topological polar surface area (TPSA) is 84.3 Å². The molecule has 3 rings (SSSR count). The van der Waals surface area contributed by atoms with Crippen molar-refractivity contribution in [3.63, 3.8) is 0 Å². The van der Waals surface area contributed by atoms with Crippen LogP contribution in [0.4, 0.5) is 13.2 Å². The minimum atomic E-state index is -4.69. The molecule has 12 heteroatoms.